The molecule has 2 N–H and O–H groups in total. The summed E-state index contributed by atoms with van der Waals surface area (Å²) >= 11 is 0. The number of halogens is 1. The van der Waals surface area contributed by atoms with Crippen molar-refractivity contribution in [2.24, 2.45) is 5.92 Å². The number of hydrogen-bond donors (Lipinski definition) is 2. The van der Waals surface area contributed by atoms with E-state index in [1.807, 2.05) is 6.92 Å². The number of nitrogens with zero attached hydrogens (tertiary/aromatic N) is 2. The maximum absolute atomic E-state index is 13.0. The van der Waals surface area contributed by atoms with Gasteiger partial charge in [0.1, 0.15) is 5.82 Å². The molecule has 1 heterocycles. The highest BCUT2D eigenvalue weighted by atomic mass is 19.1. The number of rotatable bonds is 7. The first-order valence-corrected chi connectivity index (χ1v) is 7.76. The van der Waals surface area contributed by atoms with E-state index in [0.29, 0.717) is 29.9 Å². The van der Waals surface area contributed by atoms with Crippen LogP contribution in [0.3, 0.4) is 0 Å². The molecule has 1 aromatic heterocycles. The molecule has 0 fully saturated rings. The van der Waals surface area contributed by atoms with Crippen molar-refractivity contribution in [2.75, 3.05) is 13.2 Å². The molecular weight excluding hydrogens is 297 g/mol. The molecule has 1 atom stereocenters. The fourth-order valence-corrected chi connectivity index (χ4v) is 2.44. The van der Waals surface area contributed by atoms with Crippen LogP contribution in [0, 0.1) is 18.7 Å². The molecule has 1 aromatic carbocycles. The van der Waals surface area contributed by atoms with E-state index >= 15 is 0 Å². The van der Waals surface area contributed by atoms with Gasteiger partial charge in [0, 0.05) is 13.2 Å². The van der Waals surface area contributed by atoms with E-state index in [9.17, 15) is 9.18 Å². The van der Waals surface area contributed by atoms with Gasteiger partial charge in [0.25, 0.3) is 5.91 Å². The lowest BCUT2D eigenvalue weighted by molar-refractivity contribution is 0.0943. The second kappa shape index (κ2) is 7.87. The number of aliphatic hydroxyl groups excluding tert-OH is 1. The smallest absolute Gasteiger partial charge is 0.254 e. The number of carbonyl (C=O) groups is 1. The molecule has 2 rings (SSSR count). The van der Waals surface area contributed by atoms with Gasteiger partial charge in [0.05, 0.1) is 23.1 Å². The van der Waals surface area contributed by atoms with E-state index in [0.717, 1.165) is 6.42 Å². The van der Waals surface area contributed by atoms with E-state index < -0.39 is 0 Å². The Morgan fingerprint density at radius 1 is 1.39 bits per heavy atom. The predicted octanol–water partition coefficient (Wildman–Crippen LogP) is 2.46. The Morgan fingerprint density at radius 3 is 2.70 bits per heavy atom. The van der Waals surface area contributed by atoms with Gasteiger partial charge in [0.15, 0.2) is 0 Å². The molecule has 0 unspecified atom stereocenters. The van der Waals surface area contributed by atoms with Crippen molar-refractivity contribution in [2.45, 2.75) is 26.7 Å². The van der Waals surface area contributed by atoms with Crippen molar-refractivity contribution in [3.63, 3.8) is 0 Å². The Labute approximate surface area is 135 Å². The van der Waals surface area contributed by atoms with Crippen molar-refractivity contribution >= 4 is 5.91 Å². The van der Waals surface area contributed by atoms with E-state index in [2.05, 4.69) is 10.4 Å². The lowest BCUT2D eigenvalue weighted by Gasteiger charge is -2.14. The number of hydrogen-bond acceptors (Lipinski definition) is 3. The summed E-state index contributed by atoms with van der Waals surface area (Å²) in [5, 5.41) is 16.1. The van der Waals surface area contributed by atoms with Crippen LogP contribution in [-0.4, -0.2) is 33.9 Å². The minimum absolute atomic E-state index is 0.121. The van der Waals surface area contributed by atoms with Gasteiger partial charge in [-0.05, 0) is 43.5 Å². The van der Waals surface area contributed by atoms with E-state index in [4.69, 9.17) is 5.11 Å². The molecule has 6 heteroatoms. The largest absolute Gasteiger partial charge is 0.396 e. The molecule has 2 aromatic rings. The van der Waals surface area contributed by atoms with E-state index in [1.54, 1.807) is 23.7 Å². The Bertz CT molecular complexity index is 652. The summed E-state index contributed by atoms with van der Waals surface area (Å²) in [5.41, 5.74) is 1.90. The number of amides is 1. The maximum Gasteiger partial charge on any atom is 0.254 e. The normalized spacial score (nSPS) is 12.2. The van der Waals surface area contributed by atoms with Crippen LogP contribution < -0.4 is 5.32 Å². The second-order valence-corrected chi connectivity index (χ2v) is 5.53. The molecule has 0 radical (unpaired) electrons. The minimum atomic E-state index is -0.314. The van der Waals surface area contributed by atoms with Crippen LogP contribution in [0.5, 0.6) is 0 Å². The quantitative estimate of drug-likeness (QED) is 0.824. The topological polar surface area (TPSA) is 67.2 Å². The Kier molecular flexibility index (Phi) is 5.87. The van der Waals surface area contributed by atoms with Gasteiger partial charge in [-0.25, -0.2) is 9.07 Å². The van der Waals surface area contributed by atoms with Crippen LogP contribution in [0.25, 0.3) is 5.69 Å². The fraction of sp³-hybridized carbons (Fsp3) is 0.412. The SMILES string of the molecule is CC[C@H](CCO)CNC(=O)c1cnn(-c2ccc(F)cc2)c1C. The van der Waals surface area contributed by atoms with Gasteiger partial charge in [-0.15, -0.1) is 0 Å². The van der Waals surface area contributed by atoms with Gasteiger partial charge in [0.2, 0.25) is 0 Å². The monoisotopic (exact) mass is 319 g/mol. The molecule has 0 saturated heterocycles. The number of nitrogens with one attached hydrogen (secondary N) is 1. The number of aromatic nitrogens is 2. The second-order valence-electron chi connectivity index (χ2n) is 5.53. The average Bonchev–Trinajstić information content (AvgIpc) is 2.93. The molecule has 0 aliphatic rings. The zero-order valence-corrected chi connectivity index (χ0v) is 13.4. The third-order valence-electron chi connectivity index (χ3n) is 3.99. The van der Waals surface area contributed by atoms with Crippen LogP contribution in [0.15, 0.2) is 30.5 Å². The summed E-state index contributed by atoms with van der Waals surface area (Å²) in [5.74, 6) is -0.241. The predicted molar refractivity (Wildman–Crippen MR) is 86.1 cm³/mol. The summed E-state index contributed by atoms with van der Waals surface area (Å²) in [4.78, 5) is 12.3. The Hall–Kier alpha value is -2.21. The molecule has 23 heavy (non-hydrogen) atoms. The van der Waals surface area contributed by atoms with E-state index in [-0.39, 0.29) is 24.2 Å². The molecule has 5 nitrogen and oxygen atoms in total. The molecule has 0 bridgehead atoms. The summed E-state index contributed by atoms with van der Waals surface area (Å²) in [6, 6.07) is 5.95. The number of aliphatic hydroxyl groups is 1. The molecular formula is C17H22FN3O2. The highest BCUT2D eigenvalue weighted by Gasteiger charge is 2.16. The molecule has 0 aliphatic carbocycles. The summed E-state index contributed by atoms with van der Waals surface area (Å²) in [6.07, 6.45) is 3.08. The van der Waals surface area contributed by atoms with Crippen LogP contribution in [0.2, 0.25) is 0 Å². The third kappa shape index (κ3) is 4.16. The molecule has 0 spiro atoms. The number of carbonyl (C=O) groups excluding carboxylic acids is 1. The van der Waals surface area contributed by atoms with Crippen molar-refractivity contribution in [3.8, 4) is 5.69 Å². The van der Waals surface area contributed by atoms with Crippen molar-refractivity contribution in [1.29, 1.82) is 0 Å². The van der Waals surface area contributed by atoms with Crippen molar-refractivity contribution in [3.05, 3.63) is 47.5 Å². The lowest BCUT2D eigenvalue weighted by atomic mass is 10.0. The first-order chi connectivity index (χ1) is 11.1. The van der Waals surface area contributed by atoms with Crippen molar-refractivity contribution in [1.82, 2.24) is 15.1 Å². The fourth-order valence-electron chi connectivity index (χ4n) is 2.44. The van der Waals surface area contributed by atoms with Gasteiger partial charge in [-0.2, -0.15) is 5.10 Å². The summed E-state index contributed by atoms with van der Waals surface area (Å²) < 4.78 is 14.6. The summed E-state index contributed by atoms with van der Waals surface area (Å²) in [6.45, 7) is 4.48. The van der Waals surface area contributed by atoms with Gasteiger partial charge in [-0.1, -0.05) is 13.3 Å². The highest BCUT2D eigenvalue weighted by Crippen LogP contribution is 2.15. The first-order valence-electron chi connectivity index (χ1n) is 7.76. The van der Waals surface area contributed by atoms with Gasteiger partial charge >= 0.3 is 0 Å². The molecule has 0 saturated carbocycles. The Balaban J connectivity index is 2.09. The first kappa shape index (κ1) is 17.1. The zero-order valence-electron chi connectivity index (χ0n) is 13.4. The van der Waals surface area contributed by atoms with Gasteiger partial charge in [-0.3, -0.25) is 4.79 Å². The highest BCUT2D eigenvalue weighted by molar-refractivity contribution is 5.95. The molecule has 124 valence electrons. The van der Waals surface area contributed by atoms with Crippen LogP contribution in [0.1, 0.15) is 35.8 Å². The summed E-state index contributed by atoms with van der Waals surface area (Å²) in [7, 11) is 0. The van der Waals surface area contributed by atoms with Crippen LogP contribution >= 0.6 is 0 Å². The third-order valence-corrected chi connectivity index (χ3v) is 3.99. The van der Waals surface area contributed by atoms with Crippen molar-refractivity contribution < 1.29 is 14.3 Å². The maximum atomic E-state index is 13.0. The molecule has 1 amide bonds. The lowest BCUT2D eigenvalue weighted by Crippen LogP contribution is -2.29. The number of benzene rings is 1. The average molecular weight is 319 g/mol. The Morgan fingerprint density at radius 2 is 2.09 bits per heavy atom. The van der Waals surface area contributed by atoms with E-state index in [1.165, 1.54) is 18.3 Å². The zero-order chi connectivity index (χ0) is 16.8. The molecule has 0 aliphatic heterocycles. The standard InChI is InChI=1S/C17H22FN3O2/c1-3-13(8-9-22)10-19-17(23)16-11-20-21(12(16)2)15-6-4-14(18)5-7-15/h4-7,11,13,22H,3,8-10H2,1-2H3,(H,19,23)/t13-/m1/s1. The minimum Gasteiger partial charge on any atom is -0.396 e. The van der Waals surface area contributed by atoms with Gasteiger partial charge < -0.3 is 10.4 Å². The van der Waals surface area contributed by atoms with Crippen LogP contribution in [0.4, 0.5) is 4.39 Å². The van der Waals surface area contributed by atoms with Crippen LogP contribution in [-0.2, 0) is 0 Å².